The second-order valence-corrected chi connectivity index (χ2v) is 3.96. The van der Waals surface area contributed by atoms with Gasteiger partial charge in [0.15, 0.2) is 0 Å². The van der Waals surface area contributed by atoms with Crippen molar-refractivity contribution in [1.82, 2.24) is 4.90 Å². The predicted molar refractivity (Wildman–Crippen MR) is 67.1 cm³/mol. The van der Waals surface area contributed by atoms with Crippen molar-refractivity contribution in [3.05, 3.63) is 12.7 Å². The standard InChI is InChI=1S/C13H25NO2/c1-5-9-12(7-3)14(10-6-2)11-16-13(15)8-4/h8,12H,4-7,9-11H2,1-3H3. The lowest BCUT2D eigenvalue weighted by molar-refractivity contribution is -0.143. The summed E-state index contributed by atoms with van der Waals surface area (Å²) in [5.74, 6) is -0.340. The van der Waals surface area contributed by atoms with E-state index in [9.17, 15) is 4.79 Å². The number of nitrogens with zero attached hydrogens (tertiary/aromatic N) is 1. The number of carbonyl (C=O) groups excluding carboxylic acids is 1. The molecule has 0 N–H and O–H groups in total. The molecule has 0 saturated heterocycles. The summed E-state index contributed by atoms with van der Waals surface area (Å²) < 4.78 is 5.10. The molecule has 3 heteroatoms. The van der Waals surface area contributed by atoms with Crippen molar-refractivity contribution in [1.29, 1.82) is 0 Å². The second kappa shape index (κ2) is 9.40. The largest absolute Gasteiger partial charge is 0.446 e. The van der Waals surface area contributed by atoms with Gasteiger partial charge in [-0.3, -0.25) is 4.90 Å². The molecule has 0 aromatic rings. The fraction of sp³-hybridized carbons (Fsp3) is 0.769. The van der Waals surface area contributed by atoms with Crippen molar-refractivity contribution in [2.45, 2.75) is 52.5 Å². The highest BCUT2D eigenvalue weighted by atomic mass is 16.5. The molecule has 1 unspecified atom stereocenters. The van der Waals surface area contributed by atoms with E-state index in [1.807, 2.05) is 0 Å². The van der Waals surface area contributed by atoms with Crippen LogP contribution in [0, 0.1) is 0 Å². The van der Waals surface area contributed by atoms with Crippen LogP contribution in [0.5, 0.6) is 0 Å². The SMILES string of the molecule is C=CC(=O)OCN(CCC)C(CC)CCC. The zero-order chi connectivity index (χ0) is 12.4. The van der Waals surface area contributed by atoms with E-state index in [4.69, 9.17) is 4.74 Å². The summed E-state index contributed by atoms with van der Waals surface area (Å²) in [6, 6.07) is 0.516. The third-order valence-electron chi connectivity index (χ3n) is 2.66. The summed E-state index contributed by atoms with van der Waals surface area (Å²) in [5, 5.41) is 0. The minimum Gasteiger partial charge on any atom is -0.446 e. The van der Waals surface area contributed by atoms with Crippen LogP contribution < -0.4 is 0 Å². The molecule has 0 spiro atoms. The van der Waals surface area contributed by atoms with Crippen molar-refractivity contribution in [3.8, 4) is 0 Å². The monoisotopic (exact) mass is 227 g/mol. The molecule has 0 aliphatic rings. The van der Waals surface area contributed by atoms with E-state index in [-0.39, 0.29) is 5.97 Å². The fourth-order valence-corrected chi connectivity index (χ4v) is 1.82. The average Bonchev–Trinajstić information content (AvgIpc) is 2.31. The Balaban J connectivity index is 4.21. The Morgan fingerprint density at radius 1 is 1.38 bits per heavy atom. The molecule has 94 valence electrons. The summed E-state index contributed by atoms with van der Waals surface area (Å²) in [7, 11) is 0. The minimum absolute atomic E-state index is 0.340. The van der Waals surface area contributed by atoms with Crippen molar-refractivity contribution in [3.63, 3.8) is 0 Å². The average molecular weight is 227 g/mol. The second-order valence-electron chi connectivity index (χ2n) is 3.96. The lowest BCUT2D eigenvalue weighted by Crippen LogP contribution is -2.37. The summed E-state index contributed by atoms with van der Waals surface area (Å²) in [6.45, 7) is 11.3. The maximum absolute atomic E-state index is 11.0. The van der Waals surface area contributed by atoms with E-state index in [0.717, 1.165) is 32.2 Å². The quantitative estimate of drug-likeness (QED) is 0.344. The van der Waals surface area contributed by atoms with E-state index in [2.05, 4.69) is 32.3 Å². The highest BCUT2D eigenvalue weighted by molar-refractivity contribution is 5.81. The van der Waals surface area contributed by atoms with Gasteiger partial charge in [-0.25, -0.2) is 4.79 Å². The lowest BCUT2D eigenvalue weighted by Gasteiger charge is -2.29. The van der Waals surface area contributed by atoms with Gasteiger partial charge in [0.05, 0.1) is 0 Å². The van der Waals surface area contributed by atoms with Crippen molar-refractivity contribution in [2.75, 3.05) is 13.3 Å². The molecule has 3 nitrogen and oxygen atoms in total. The molecule has 0 rings (SSSR count). The Morgan fingerprint density at radius 3 is 2.50 bits per heavy atom. The normalized spacial score (nSPS) is 12.5. The van der Waals surface area contributed by atoms with Gasteiger partial charge in [0.2, 0.25) is 0 Å². The van der Waals surface area contributed by atoms with Gasteiger partial charge in [-0.15, -0.1) is 0 Å². The Kier molecular flexibility index (Phi) is 8.91. The van der Waals surface area contributed by atoms with E-state index in [1.165, 1.54) is 6.08 Å². The van der Waals surface area contributed by atoms with Crippen molar-refractivity contribution >= 4 is 5.97 Å². The molecule has 0 aliphatic heterocycles. The Bertz CT molecular complexity index is 204. The minimum atomic E-state index is -0.340. The van der Waals surface area contributed by atoms with E-state index in [0.29, 0.717) is 12.8 Å². The van der Waals surface area contributed by atoms with Crippen LogP contribution in [-0.2, 0) is 9.53 Å². The van der Waals surface area contributed by atoms with Gasteiger partial charge in [0, 0.05) is 18.7 Å². The smallest absolute Gasteiger partial charge is 0.331 e. The molecule has 0 radical (unpaired) electrons. The first-order valence-electron chi connectivity index (χ1n) is 6.22. The fourth-order valence-electron chi connectivity index (χ4n) is 1.82. The van der Waals surface area contributed by atoms with E-state index < -0.39 is 0 Å². The number of ether oxygens (including phenoxy) is 1. The number of hydrogen-bond donors (Lipinski definition) is 0. The third kappa shape index (κ3) is 5.91. The summed E-state index contributed by atoms with van der Waals surface area (Å²) in [6.07, 6.45) is 5.70. The zero-order valence-electron chi connectivity index (χ0n) is 10.9. The first-order chi connectivity index (χ1) is 7.69. The molecule has 1 atom stereocenters. The van der Waals surface area contributed by atoms with Gasteiger partial charge in [-0.2, -0.15) is 0 Å². The highest BCUT2D eigenvalue weighted by Gasteiger charge is 2.16. The predicted octanol–water partition coefficient (Wildman–Crippen LogP) is 2.96. The maximum atomic E-state index is 11.0. The Labute approximate surface area is 99.5 Å². The molecule has 0 aliphatic carbocycles. The summed E-state index contributed by atoms with van der Waals surface area (Å²) >= 11 is 0. The van der Waals surface area contributed by atoms with Crippen molar-refractivity contribution in [2.24, 2.45) is 0 Å². The zero-order valence-corrected chi connectivity index (χ0v) is 10.9. The van der Waals surface area contributed by atoms with Crippen LogP contribution in [0.2, 0.25) is 0 Å². The first-order valence-corrected chi connectivity index (χ1v) is 6.22. The van der Waals surface area contributed by atoms with Crippen LogP contribution in [-0.4, -0.2) is 30.2 Å². The lowest BCUT2D eigenvalue weighted by atomic mass is 10.1. The van der Waals surface area contributed by atoms with Gasteiger partial charge < -0.3 is 4.74 Å². The maximum Gasteiger partial charge on any atom is 0.331 e. The van der Waals surface area contributed by atoms with Gasteiger partial charge in [0.1, 0.15) is 6.73 Å². The van der Waals surface area contributed by atoms with Crippen molar-refractivity contribution < 1.29 is 9.53 Å². The molecule has 0 aromatic heterocycles. The van der Waals surface area contributed by atoms with Gasteiger partial charge in [-0.05, 0) is 19.3 Å². The van der Waals surface area contributed by atoms with Crippen LogP contribution in [0.3, 0.4) is 0 Å². The molecule has 0 bridgehead atoms. The molecule has 0 amide bonds. The third-order valence-corrected chi connectivity index (χ3v) is 2.66. The number of hydrogen-bond acceptors (Lipinski definition) is 3. The van der Waals surface area contributed by atoms with E-state index >= 15 is 0 Å². The number of rotatable bonds is 9. The van der Waals surface area contributed by atoms with Crippen LogP contribution in [0.1, 0.15) is 46.5 Å². The molecule has 0 aromatic carbocycles. The number of carbonyl (C=O) groups is 1. The Morgan fingerprint density at radius 2 is 2.06 bits per heavy atom. The first kappa shape index (κ1) is 15.2. The highest BCUT2D eigenvalue weighted by Crippen LogP contribution is 2.11. The topological polar surface area (TPSA) is 29.5 Å². The molecular formula is C13H25NO2. The summed E-state index contributed by atoms with van der Waals surface area (Å²) in [5.41, 5.74) is 0. The van der Waals surface area contributed by atoms with Crippen LogP contribution in [0.4, 0.5) is 0 Å². The molecule has 16 heavy (non-hydrogen) atoms. The van der Waals surface area contributed by atoms with E-state index in [1.54, 1.807) is 0 Å². The van der Waals surface area contributed by atoms with Crippen LogP contribution in [0.15, 0.2) is 12.7 Å². The van der Waals surface area contributed by atoms with Gasteiger partial charge in [0.25, 0.3) is 0 Å². The molecular weight excluding hydrogens is 202 g/mol. The molecule has 0 fully saturated rings. The summed E-state index contributed by atoms with van der Waals surface area (Å²) in [4.78, 5) is 13.3. The Hall–Kier alpha value is -0.830. The molecule has 0 saturated carbocycles. The van der Waals surface area contributed by atoms with Crippen LogP contribution in [0.25, 0.3) is 0 Å². The van der Waals surface area contributed by atoms with Gasteiger partial charge in [-0.1, -0.05) is 33.8 Å². The van der Waals surface area contributed by atoms with Crippen LogP contribution >= 0.6 is 0 Å². The molecule has 0 heterocycles. The number of esters is 1. The van der Waals surface area contributed by atoms with Gasteiger partial charge >= 0.3 is 5.97 Å².